The van der Waals surface area contributed by atoms with Gasteiger partial charge in [0.1, 0.15) is 30.4 Å². The molecule has 1 aliphatic carbocycles. The zero-order valence-electron chi connectivity index (χ0n) is 22.5. The van der Waals surface area contributed by atoms with E-state index in [0.29, 0.717) is 18.0 Å². The summed E-state index contributed by atoms with van der Waals surface area (Å²) in [5.41, 5.74) is 7.40. The minimum absolute atomic E-state index is 0. The highest BCUT2D eigenvalue weighted by molar-refractivity contribution is 5.89. The van der Waals surface area contributed by atoms with Crippen LogP contribution in [0.5, 0.6) is 5.75 Å². The number of ether oxygens (including phenoxy) is 1. The Bertz CT molecular complexity index is 1480. The molecule has 40 heavy (non-hydrogen) atoms. The summed E-state index contributed by atoms with van der Waals surface area (Å²) in [7, 11) is 0. The number of nitrogens with one attached hydrogen (secondary N) is 1. The maximum absolute atomic E-state index is 11.2. The van der Waals surface area contributed by atoms with Crippen molar-refractivity contribution in [3.8, 4) is 28.1 Å². The molecule has 0 radical (unpaired) electrons. The third-order valence-electron chi connectivity index (χ3n) is 7.00. The van der Waals surface area contributed by atoms with Crippen LogP contribution in [0.25, 0.3) is 28.0 Å². The number of para-hydroxylation sites is 1. The van der Waals surface area contributed by atoms with Gasteiger partial charge < -0.3 is 24.8 Å². The van der Waals surface area contributed by atoms with Gasteiger partial charge in [-0.15, -0.1) is 12.4 Å². The number of nitrogens with zero attached hydrogens (tertiary/aromatic N) is 1. The number of aliphatic hydroxyl groups is 1. The van der Waals surface area contributed by atoms with Crippen molar-refractivity contribution in [3.63, 3.8) is 0 Å². The van der Waals surface area contributed by atoms with E-state index >= 15 is 0 Å². The molecule has 208 valence electrons. The van der Waals surface area contributed by atoms with Gasteiger partial charge in [0.05, 0.1) is 5.56 Å². The number of rotatable bonds is 11. The first-order chi connectivity index (χ1) is 18.8. The van der Waals surface area contributed by atoms with Crippen LogP contribution in [-0.2, 0) is 6.42 Å². The second kappa shape index (κ2) is 12.5. The van der Waals surface area contributed by atoms with Gasteiger partial charge in [0.15, 0.2) is 0 Å². The topological polar surface area (TPSA) is 105 Å². The first-order valence-corrected chi connectivity index (χ1v) is 13.0. The predicted octanol–water partition coefficient (Wildman–Crippen LogP) is 6.27. The van der Waals surface area contributed by atoms with Crippen molar-refractivity contribution in [1.29, 1.82) is 0 Å². The summed E-state index contributed by atoms with van der Waals surface area (Å²) in [5.74, 6) is -0.280. The Morgan fingerprint density at radius 2 is 1.75 bits per heavy atom. The molecule has 3 aromatic carbocycles. The summed E-state index contributed by atoms with van der Waals surface area (Å²) in [4.78, 5) is 11.2. The molecule has 0 spiro atoms. The van der Waals surface area contributed by atoms with Crippen LogP contribution in [-0.4, -0.2) is 46.1 Å². The van der Waals surface area contributed by atoms with E-state index in [1.807, 2.05) is 36.4 Å². The van der Waals surface area contributed by atoms with Gasteiger partial charge >= 0.3 is 5.97 Å². The number of aromatic nitrogens is 1. The number of allylic oxidation sites excluding steroid dienone is 1. The number of β-amino-alcohol motifs (C(OH)–C–C–N with tert-alkyl or cyclic N) is 1. The van der Waals surface area contributed by atoms with Crippen molar-refractivity contribution in [3.05, 3.63) is 102 Å². The summed E-state index contributed by atoms with van der Waals surface area (Å²) >= 11 is 0. The van der Waals surface area contributed by atoms with Crippen LogP contribution in [0.15, 0.2) is 89.7 Å². The molecule has 0 amide bonds. The highest BCUT2D eigenvalue weighted by Gasteiger charge is 2.26. The molecule has 0 fully saturated rings. The van der Waals surface area contributed by atoms with Crippen LogP contribution < -0.4 is 10.1 Å². The second-order valence-corrected chi connectivity index (χ2v) is 10.4. The fourth-order valence-electron chi connectivity index (χ4n) is 5.01. The smallest absolute Gasteiger partial charge is 0.335 e. The molecule has 7 nitrogen and oxygen atoms in total. The zero-order valence-corrected chi connectivity index (χ0v) is 23.3. The van der Waals surface area contributed by atoms with Crippen molar-refractivity contribution in [1.82, 2.24) is 10.5 Å². The SMILES string of the molecule is CC(C)(CC1=CCc2c1cccc2-c1ccc(C(=O)O)cc1)NC[C@H](O)COc1ccccc1-c1ccon1.Cl. The molecule has 3 N–H and O–H groups in total. The highest BCUT2D eigenvalue weighted by atomic mass is 35.5. The van der Waals surface area contributed by atoms with Crippen molar-refractivity contribution in [2.24, 2.45) is 0 Å². The first kappa shape index (κ1) is 29.1. The molecule has 1 aromatic heterocycles. The van der Waals surface area contributed by atoms with Crippen LogP contribution in [0.4, 0.5) is 0 Å². The Kier molecular flexibility index (Phi) is 9.10. The molecular formula is C32H33ClN2O5. The fourth-order valence-corrected chi connectivity index (χ4v) is 5.01. The Hall–Kier alpha value is -3.91. The van der Waals surface area contributed by atoms with Crippen LogP contribution in [0.2, 0.25) is 0 Å². The number of hydrogen-bond donors (Lipinski definition) is 3. The van der Waals surface area contributed by atoms with Crippen LogP contribution in [0.1, 0.15) is 41.8 Å². The second-order valence-electron chi connectivity index (χ2n) is 10.4. The predicted molar refractivity (Wildman–Crippen MR) is 158 cm³/mol. The Balaban J connectivity index is 0.00000370. The van der Waals surface area contributed by atoms with Crippen molar-refractivity contribution >= 4 is 23.9 Å². The van der Waals surface area contributed by atoms with Crippen molar-refractivity contribution in [2.75, 3.05) is 13.2 Å². The van der Waals surface area contributed by atoms with E-state index in [4.69, 9.17) is 9.26 Å². The number of fused-ring (bicyclic) bond motifs is 1. The number of hydrogen-bond acceptors (Lipinski definition) is 6. The summed E-state index contributed by atoms with van der Waals surface area (Å²) in [6, 6.07) is 22.7. The van der Waals surface area contributed by atoms with Crippen molar-refractivity contribution < 1.29 is 24.3 Å². The summed E-state index contributed by atoms with van der Waals surface area (Å²) in [6.07, 6.45) is 4.72. The lowest BCUT2D eigenvalue weighted by molar-refractivity contribution is 0.0697. The van der Waals surface area contributed by atoms with Gasteiger partial charge in [-0.2, -0.15) is 0 Å². The number of benzene rings is 3. The third kappa shape index (κ3) is 6.62. The van der Waals surface area contributed by atoms with Gasteiger partial charge in [0, 0.05) is 23.7 Å². The van der Waals surface area contributed by atoms with Gasteiger partial charge in [0.25, 0.3) is 0 Å². The molecule has 0 aliphatic heterocycles. The highest BCUT2D eigenvalue weighted by Crippen LogP contribution is 2.38. The number of carboxylic acid groups (broad SMARTS) is 1. The Labute approximate surface area is 239 Å². The van der Waals surface area contributed by atoms with E-state index in [1.54, 1.807) is 18.2 Å². The number of halogens is 1. The molecule has 1 atom stereocenters. The van der Waals surface area contributed by atoms with Gasteiger partial charge in [-0.1, -0.05) is 53.7 Å². The van der Waals surface area contributed by atoms with E-state index in [1.165, 1.54) is 23.0 Å². The minimum Gasteiger partial charge on any atom is -0.490 e. The lowest BCUT2D eigenvalue weighted by atomic mass is 9.89. The molecule has 0 saturated carbocycles. The lowest BCUT2D eigenvalue weighted by Gasteiger charge is -2.29. The minimum atomic E-state index is -0.924. The van der Waals surface area contributed by atoms with E-state index in [2.05, 4.69) is 48.6 Å². The third-order valence-corrected chi connectivity index (χ3v) is 7.00. The van der Waals surface area contributed by atoms with Gasteiger partial charge in [0.2, 0.25) is 0 Å². The Morgan fingerprint density at radius 3 is 2.48 bits per heavy atom. The van der Waals surface area contributed by atoms with E-state index in [-0.39, 0.29) is 30.1 Å². The van der Waals surface area contributed by atoms with Gasteiger partial charge in [-0.25, -0.2) is 4.79 Å². The summed E-state index contributed by atoms with van der Waals surface area (Å²) < 4.78 is 10.9. The van der Waals surface area contributed by atoms with E-state index in [0.717, 1.165) is 29.5 Å². The average molecular weight is 561 g/mol. The van der Waals surface area contributed by atoms with Crippen LogP contribution in [0.3, 0.4) is 0 Å². The lowest BCUT2D eigenvalue weighted by Crippen LogP contribution is -2.44. The number of carbonyl (C=O) groups is 1. The molecule has 4 aromatic rings. The molecule has 0 saturated heterocycles. The molecule has 1 heterocycles. The number of aromatic carboxylic acids is 1. The molecular weight excluding hydrogens is 528 g/mol. The number of aliphatic hydroxyl groups excluding tert-OH is 1. The summed E-state index contributed by atoms with van der Waals surface area (Å²) in [5, 5.41) is 27.4. The molecule has 0 unspecified atom stereocenters. The monoisotopic (exact) mass is 560 g/mol. The van der Waals surface area contributed by atoms with Crippen molar-refractivity contribution in [2.45, 2.75) is 38.3 Å². The number of carboxylic acids is 1. The molecule has 0 bridgehead atoms. The van der Waals surface area contributed by atoms with E-state index < -0.39 is 12.1 Å². The average Bonchev–Trinajstić information content (AvgIpc) is 3.62. The Morgan fingerprint density at radius 1 is 1.02 bits per heavy atom. The van der Waals surface area contributed by atoms with Crippen LogP contribution in [0, 0.1) is 0 Å². The molecule has 8 heteroatoms. The largest absolute Gasteiger partial charge is 0.490 e. The molecule has 5 rings (SSSR count). The first-order valence-electron chi connectivity index (χ1n) is 13.0. The van der Waals surface area contributed by atoms with E-state index in [9.17, 15) is 15.0 Å². The maximum Gasteiger partial charge on any atom is 0.335 e. The van der Waals surface area contributed by atoms with Gasteiger partial charge in [-0.05, 0) is 78.8 Å². The molecule has 1 aliphatic rings. The zero-order chi connectivity index (χ0) is 27.4. The quantitative estimate of drug-likeness (QED) is 0.199. The summed E-state index contributed by atoms with van der Waals surface area (Å²) in [6.45, 7) is 4.80. The normalized spacial score (nSPS) is 13.2. The fraction of sp³-hybridized carbons (Fsp3) is 0.250. The maximum atomic E-state index is 11.2. The van der Waals surface area contributed by atoms with Gasteiger partial charge in [-0.3, -0.25) is 0 Å². The standard InChI is InChI=1S/C32H32N2O5.ClH/c1-32(2,33-19-24(35)20-38-30-9-4-3-6-28(30)29-16-17-39-34-29)18-23-14-15-27-25(7-5-8-26(23)27)21-10-12-22(13-11-21)31(36)37;/h3-14,16-17,24,33,35H,15,18-20H2,1-2H3,(H,36,37);1H/t24-;/m0./s1. The van der Waals surface area contributed by atoms with Crippen LogP contribution >= 0.6 is 12.4 Å².